The number of ether oxygens (including phenoxy) is 1. The fourth-order valence-electron chi connectivity index (χ4n) is 5.70. The average Bonchev–Trinajstić information content (AvgIpc) is 2.90. The minimum atomic E-state index is -0.499. The molecule has 1 heterocycles. The number of nitrogens with zero attached hydrogens (tertiary/aromatic N) is 2. The van der Waals surface area contributed by atoms with E-state index < -0.39 is 5.92 Å². The van der Waals surface area contributed by atoms with Crippen molar-refractivity contribution < 1.29 is 9.53 Å². The molecule has 3 aromatic carbocycles. The monoisotopic (exact) mass is 503 g/mol. The van der Waals surface area contributed by atoms with E-state index in [1.807, 2.05) is 74.2 Å². The van der Waals surface area contributed by atoms with Crippen LogP contribution < -0.4 is 15.4 Å². The highest BCUT2D eigenvalue weighted by molar-refractivity contribution is 6.01. The predicted molar refractivity (Wildman–Crippen MR) is 151 cm³/mol. The van der Waals surface area contributed by atoms with Crippen molar-refractivity contribution in [3.8, 4) is 11.8 Å². The van der Waals surface area contributed by atoms with E-state index in [4.69, 9.17) is 10.5 Å². The van der Waals surface area contributed by atoms with Crippen molar-refractivity contribution in [2.24, 2.45) is 5.73 Å². The molecule has 1 unspecified atom stereocenters. The van der Waals surface area contributed by atoms with Crippen molar-refractivity contribution in [1.82, 2.24) is 0 Å². The molecule has 2 aliphatic rings. The third-order valence-corrected chi connectivity index (χ3v) is 7.70. The molecule has 0 amide bonds. The highest BCUT2D eigenvalue weighted by atomic mass is 16.5. The van der Waals surface area contributed by atoms with Gasteiger partial charge in [0.05, 0.1) is 23.2 Å². The number of benzene rings is 3. The fourth-order valence-corrected chi connectivity index (χ4v) is 5.70. The van der Waals surface area contributed by atoms with Gasteiger partial charge in [-0.05, 0) is 81.0 Å². The summed E-state index contributed by atoms with van der Waals surface area (Å²) in [4.78, 5) is 15.5. The van der Waals surface area contributed by atoms with Crippen LogP contribution in [0.1, 0.15) is 58.6 Å². The number of hydrogen-bond acceptors (Lipinski definition) is 5. The Morgan fingerprint density at radius 3 is 2.45 bits per heavy atom. The summed E-state index contributed by atoms with van der Waals surface area (Å²) in [6, 6.07) is 22.6. The first-order valence-corrected chi connectivity index (χ1v) is 13.1. The summed E-state index contributed by atoms with van der Waals surface area (Å²) >= 11 is 0. The van der Waals surface area contributed by atoms with Crippen LogP contribution in [0.2, 0.25) is 0 Å². The van der Waals surface area contributed by atoms with E-state index >= 15 is 0 Å². The second-order valence-corrected chi connectivity index (χ2v) is 10.3. The number of aryl methyl sites for hydroxylation is 3. The van der Waals surface area contributed by atoms with E-state index in [1.54, 1.807) is 0 Å². The lowest BCUT2D eigenvalue weighted by Gasteiger charge is -2.40. The van der Waals surface area contributed by atoms with Crippen LogP contribution in [0.4, 0.5) is 5.69 Å². The van der Waals surface area contributed by atoms with E-state index in [2.05, 4.69) is 25.1 Å². The maximum Gasteiger partial charge on any atom is 0.161 e. The molecule has 0 radical (unpaired) electrons. The molecule has 38 heavy (non-hydrogen) atoms. The van der Waals surface area contributed by atoms with Crippen LogP contribution in [-0.2, 0) is 11.4 Å². The van der Waals surface area contributed by atoms with Gasteiger partial charge in [0.1, 0.15) is 18.2 Å². The number of allylic oxidation sites excluding steroid dienone is 3. The second-order valence-electron chi connectivity index (χ2n) is 10.3. The van der Waals surface area contributed by atoms with Gasteiger partial charge < -0.3 is 10.5 Å². The standard InChI is InChI=1S/C33H33N3O2/c1-20-12-14-25(15-13-20)38-19-24-16-21(2)17-26(23(24)4)31-27(18-34)33(35)36(28-9-6-5-8-22(28)3)29-10-7-11-30(37)32(29)31/h5-6,8-9,12-17,31H,7,10-11,19,35H2,1-4H3. The molecule has 2 N–H and O–H groups in total. The van der Waals surface area contributed by atoms with Gasteiger partial charge in [-0.15, -0.1) is 0 Å². The highest BCUT2D eigenvalue weighted by Crippen LogP contribution is 2.47. The number of carbonyl (C=O) groups is 1. The Bertz CT molecular complexity index is 1520. The summed E-state index contributed by atoms with van der Waals surface area (Å²) in [7, 11) is 0. The van der Waals surface area contributed by atoms with Gasteiger partial charge in [-0.25, -0.2) is 0 Å². The maximum atomic E-state index is 13.6. The molecule has 0 bridgehead atoms. The lowest BCUT2D eigenvalue weighted by atomic mass is 9.73. The third-order valence-electron chi connectivity index (χ3n) is 7.70. The zero-order valence-electron chi connectivity index (χ0n) is 22.5. The summed E-state index contributed by atoms with van der Waals surface area (Å²) in [6.45, 7) is 8.56. The number of Topliss-reactive ketones (excluding diaryl/α,β-unsaturated/α-hetero) is 1. The Morgan fingerprint density at radius 1 is 1.00 bits per heavy atom. The van der Waals surface area contributed by atoms with E-state index in [0.717, 1.165) is 57.8 Å². The van der Waals surface area contributed by atoms with Gasteiger partial charge in [-0.2, -0.15) is 5.26 Å². The first kappa shape index (κ1) is 25.4. The molecule has 1 atom stereocenters. The number of nitriles is 1. The molecule has 1 aliphatic heterocycles. The van der Waals surface area contributed by atoms with Crippen LogP contribution in [0.3, 0.4) is 0 Å². The SMILES string of the molecule is Cc1ccc(OCc2cc(C)cc(C3C(C#N)=C(N)N(c4ccccc4C)C4=C3C(=O)CCC4)c2C)cc1. The average molecular weight is 504 g/mol. The molecule has 3 aromatic rings. The van der Waals surface area contributed by atoms with Crippen LogP contribution in [0.25, 0.3) is 0 Å². The quantitative estimate of drug-likeness (QED) is 0.414. The Balaban J connectivity index is 1.64. The molecule has 0 aromatic heterocycles. The van der Waals surface area contributed by atoms with Crippen molar-refractivity contribution in [2.75, 3.05) is 4.90 Å². The van der Waals surface area contributed by atoms with Crippen molar-refractivity contribution in [1.29, 1.82) is 5.26 Å². The highest BCUT2D eigenvalue weighted by Gasteiger charge is 2.41. The Hall–Kier alpha value is -4.30. The number of nitrogens with two attached hydrogens (primary N) is 1. The Labute approximate surface area is 224 Å². The zero-order chi connectivity index (χ0) is 27.0. The van der Waals surface area contributed by atoms with E-state index in [0.29, 0.717) is 30.0 Å². The summed E-state index contributed by atoms with van der Waals surface area (Å²) in [6.07, 6.45) is 1.98. The Morgan fingerprint density at radius 2 is 1.74 bits per heavy atom. The van der Waals surface area contributed by atoms with Gasteiger partial charge in [-0.3, -0.25) is 9.69 Å². The molecule has 5 heteroatoms. The zero-order valence-corrected chi connectivity index (χ0v) is 22.5. The molecule has 0 saturated heterocycles. The molecule has 0 fully saturated rings. The second kappa shape index (κ2) is 10.2. The van der Waals surface area contributed by atoms with Gasteiger partial charge in [-0.1, -0.05) is 53.6 Å². The number of carbonyl (C=O) groups excluding carboxylic acids is 1. The molecular weight excluding hydrogens is 470 g/mol. The van der Waals surface area contributed by atoms with Gasteiger partial charge in [0, 0.05) is 17.7 Å². The number of rotatable bonds is 5. The lowest BCUT2D eigenvalue weighted by molar-refractivity contribution is -0.116. The molecule has 5 nitrogen and oxygen atoms in total. The van der Waals surface area contributed by atoms with Gasteiger partial charge in [0.15, 0.2) is 5.78 Å². The maximum absolute atomic E-state index is 13.6. The smallest absolute Gasteiger partial charge is 0.161 e. The predicted octanol–water partition coefficient (Wildman–Crippen LogP) is 6.80. The normalized spacial score (nSPS) is 17.4. The topological polar surface area (TPSA) is 79.3 Å². The van der Waals surface area contributed by atoms with Crippen molar-refractivity contribution >= 4 is 11.5 Å². The van der Waals surface area contributed by atoms with Crippen LogP contribution in [0.15, 0.2) is 83.3 Å². The fraction of sp³-hybridized carbons (Fsp3) is 0.273. The van der Waals surface area contributed by atoms with Gasteiger partial charge >= 0.3 is 0 Å². The van der Waals surface area contributed by atoms with Crippen LogP contribution in [0, 0.1) is 39.0 Å². The van der Waals surface area contributed by atoms with E-state index in [-0.39, 0.29) is 5.78 Å². The van der Waals surface area contributed by atoms with Gasteiger partial charge in [0.2, 0.25) is 0 Å². The summed E-state index contributed by atoms with van der Waals surface area (Å²) in [5.74, 6) is 0.798. The summed E-state index contributed by atoms with van der Waals surface area (Å²) < 4.78 is 6.13. The third kappa shape index (κ3) is 4.48. The molecule has 0 spiro atoms. The largest absolute Gasteiger partial charge is 0.489 e. The first-order valence-electron chi connectivity index (χ1n) is 13.1. The van der Waals surface area contributed by atoms with Crippen LogP contribution in [-0.4, -0.2) is 5.78 Å². The summed E-state index contributed by atoms with van der Waals surface area (Å²) in [5.41, 5.74) is 16.0. The summed E-state index contributed by atoms with van der Waals surface area (Å²) in [5, 5.41) is 10.4. The minimum Gasteiger partial charge on any atom is -0.489 e. The molecular formula is C33H33N3O2. The minimum absolute atomic E-state index is 0.0912. The Kier molecular flexibility index (Phi) is 6.82. The number of anilines is 1. The number of para-hydroxylation sites is 1. The van der Waals surface area contributed by atoms with E-state index in [1.165, 1.54) is 5.56 Å². The molecule has 192 valence electrons. The van der Waals surface area contributed by atoms with E-state index in [9.17, 15) is 10.1 Å². The van der Waals surface area contributed by atoms with Crippen molar-refractivity contribution in [3.05, 3.63) is 117 Å². The lowest BCUT2D eigenvalue weighted by Crippen LogP contribution is -2.39. The molecule has 1 aliphatic carbocycles. The number of ketones is 1. The first-order chi connectivity index (χ1) is 18.3. The van der Waals surface area contributed by atoms with Crippen LogP contribution in [0.5, 0.6) is 5.75 Å². The van der Waals surface area contributed by atoms with Crippen LogP contribution >= 0.6 is 0 Å². The number of hydrogen-bond donors (Lipinski definition) is 1. The molecule has 0 saturated carbocycles. The van der Waals surface area contributed by atoms with Gasteiger partial charge in [0.25, 0.3) is 0 Å². The van der Waals surface area contributed by atoms with Crippen molar-refractivity contribution in [2.45, 2.75) is 59.5 Å². The molecule has 5 rings (SSSR count). The van der Waals surface area contributed by atoms with Crippen molar-refractivity contribution in [3.63, 3.8) is 0 Å².